The zero-order chi connectivity index (χ0) is 9.52. The van der Waals surface area contributed by atoms with Crippen LogP contribution in [0.5, 0.6) is 0 Å². The standard InChI is InChI=1S/C10H20N2O/c1-2-10(13)12-8-11-9-6-4-3-5-7-9/h9,11H,2-8H2,1H3,(H,12,13). The van der Waals surface area contributed by atoms with E-state index in [4.69, 9.17) is 0 Å². The Labute approximate surface area is 80.3 Å². The van der Waals surface area contributed by atoms with E-state index in [1.807, 2.05) is 6.92 Å². The van der Waals surface area contributed by atoms with Gasteiger partial charge in [0.05, 0.1) is 6.67 Å². The summed E-state index contributed by atoms with van der Waals surface area (Å²) in [5.41, 5.74) is 0. The molecule has 1 fully saturated rings. The molecule has 1 saturated carbocycles. The van der Waals surface area contributed by atoms with E-state index in [2.05, 4.69) is 10.6 Å². The second-order valence-electron chi connectivity index (χ2n) is 3.67. The Morgan fingerprint density at radius 3 is 2.62 bits per heavy atom. The van der Waals surface area contributed by atoms with Gasteiger partial charge >= 0.3 is 0 Å². The summed E-state index contributed by atoms with van der Waals surface area (Å²) in [6, 6.07) is 0.630. The van der Waals surface area contributed by atoms with Crippen molar-refractivity contribution in [2.75, 3.05) is 6.67 Å². The minimum atomic E-state index is 0.128. The van der Waals surface area contributed by atoms with Gasteiger partial charge in [-0.25, -0.2) is 0 Å². The van der Waals surface area contributed by atoms with Gasteiger partial charge in [0.2, 0.25) is 5.91 Å². The molecule has 3 nitrogen and oxygen atoms in total. The molecular weight excluding hydrogens is 164 g/mol. The summed E-state index contributed by atoms with van der Waals surface area (Å²) in [6.45, 7) is 2.51. The smallest absolute Gasteiger partial charge is 0.220 e. The maximum absolute atomic E-state index is 10.9. The zero-order valence-corrected chi connectivity index (χ0v) is 8.44. The maximum Gasteiger partial charge on any atom is 0.220 e. The van der Waals surface area contributed by atoms with Gasteiger partial charge in [-0.05, 0) is 12.8 Å². The van der Waals surface area contributed by atoms with Crippen LogP contribution in [0.15, 0.2) is 0 Å². The van der Waals surface area contributed by atoms with Crippen molar-refractivity contribution in [3.05, 3.63) is 0 Å². The Morgan fingerprint density at radius 1 is 1.31 bits per heavy atom. The summed E-state index contributed by atoms with van der Waals surface area (Å²) in [5, 5.41) is 6.18. The van der Waals surface area contributed by atoms with E-state index in [9.17, 15) is 4.79 Å². The summed E-state index contributed by atoms with van der Waals surface area (Å²) in [6.07, 6.45) is 7.15. The van der Waals surface area contributed by atoms with Gasteiger partial charge in [0, 0.05) is 12.5 Å². The van der Waals surface area contributed by atoms with Crippen LogP contribution >= 0.6 is 0 Å². The first-order valence-corrected chi connectivity index (χ1v) is 5.33. The van der Waals surface area contributed by atoms with Crippen LogP contribution in [0, 0.1) is 0 Å². The third-order valence-electron chi connectivity index (χ3n) is 2.60. The van der Waals surface area contributed by atoms with Gasteiger partial charge in [0.15, 0.2) is 0 Å². The van der Waals surface area contributed by atoms with E-state index >= 15 is 0 Å². The first-order valence-electron chi connectivity index (χ1n) is 5.33. The molecule has 1 rings (SSSR count). The average Bonchev–Trinajstić information content (AvgIpc) is 2.19. The molecule has 76 valence electrons. The molecular formula is C10H20N2O. The number of rotatable bonds is 4. The van der Waals surface area contributed by atoms with Crippen molar-refractivity contribution in [3.8, 4) is 0 Å². The van der Waals surface area contributed by atoms with E-state index < -0.39 is 0 Å². The van der Waals surface area contributed by atoms with Gasteiger partial charge in [-0.1, -0.05) is 26.2 Å². The highest BCUT2D eigenvalue weighted by atomic mass is 16.1. The Hall–Kier alpha value is -0.570. The van der Waals surface area contributed by atoms with Crippen LogP contribution in [0.25, 0.3) is 0 Å². The van der Waals surface area contributed by atoms with Crippen LogP contribution in [-0.2, 0) is 4.79 Å². The molecule has 0 saturated heterocycles. The molecule has 0 aromatic heterocycles. The molecule has 0 atom stereocenters. The normalized spacial score (nSPS) is 18.5. The van der Waals surface area contributed by atoms with Crippen molar-refractivity contribution in [2.24, 2.45) is 0 Å². The van der Waals surface area contributed by atoms with E-state index in [1.54, 1.807) is 0 Å². The van der Waals surface area contributed by atoms with E-state index in [1.165, 1.54) is 32.1 Å². The highest BCUT2D eigenvalue weighted by Gasteiger charge is 2.11. The van der Waals surface area contributed by atoms with Crippen molar-refractivity contribution < 1.29 is 4.79 Å². The molecule has 13 heavy (non-hydrogen) atoms. The maximum atomic E-state index is 10.9. The largest absolute Gasteiger partial charge is 0.344 e. The molecule has 2 N–H and O–H groups in total. The number of carbonyl (C=O) groups is 1. The average molecular weight is 184 g/mol. The monoisotopic (exact) mass is 184 g/mol. The van der Waals surface area contributed by atoms with Crippen LogP contribution in [-0.4, -0.2) is 18.6 Å². The number of hydrogen-bond donors (Lipinski definition) is 2. The molecule has 3 heteroatoms. The number of nitrogens with one attached hydrogen (secondary N) is 2. The molecule has 0 radical (unpaired) electrons. The molecule has 0 aliphatic heterocycles. The van der Waals surface area contributed by atoms with Crippen molar-refractivity contribution in [2.45, 2.75) is 51.5 Å². The SMILES string of the molecule is CCC(=O)NCNC1CCCCC1. The highest BCUT2D eigenvalue weighted by Crippen LogP contribution is 2.16. The fourth-order valence-corrected chi connectivity index (χ4v) is 1.73. The molecule has 0 spiro atoms. The topological polar surface area (TPSA) is 41.1 Å². The van der Waals surface area contributed by atoms with Crippen LogP contribution in [0.4, 0.5) is 0 Å². The lowest BCUT2D eigenvalue weighted by Crippen LogP contribution is -2.40. The Morgan fingerprint density at radius 2 is 2.00 bits per heavy atom. The van der Waals surface area contributed by atoms with Gasteiger partial charge in [-0.3, -0.25) is 10.1 Å². The fraction of sp³-hybridized carbons (Fsp3) is 0.900. The number of carbonyl (C=O) groups excluding carboxylic acids is 1. The van der Waals surface area contributed by atoms with Crippen LogP contribution in [0.1, 0.15) is 45.4 Å². The summed E-state index contributed by atoms with van der Waals surface area (Å²) in [7, 11) is 0. The number of hydrogen-bond acceptors (Lipinski definition) is 2. The minimum absolute atomic E-state index is 0.128. The van der Waals surface area contributed by atoms with E-state index in [0.29, 0.717) is 19.1 Å². The Balaban J connectivity index is 2.01. The minimum Gasteiger partial charge on any atom is -0.344 e. The fourth-order valence-electron chi connectivity index (χ4n) is 1.73. The van der Waals surface area contributed by atoms with Gasteiger partial charge < -0.3 is 5.32 Å². The van der Waals surface area contributed by atoms with E-state index in [-0.39, 0.29) is 5.91 Å². The Kier molecular flexibility index (Phi) is 4.83. The van der Waals surface area contributed by atoms with Gasteiger partial charge in [0.25, 0.3) is 0 Å². The van der Waals surface area contributed by atoms with Crippen LogP contribution in [0.2, 0.25) is 0 Å². The number of amides is 1. The summed E-state index contributed by atoms with van der Waals surface area (Å²) >= 11 is 0. The third-order valence-corrected chi connectivity index (χ3v) is 2.60. The molecule has 0 heterocycles. The lowest BCUT2D eigenvalue weighted by molar-refractivity contribution is -0.120. The van der Waals surface area contributed by atoms with Crippen LogP contribution in [0.3, 0.4) is 0 Å². The predicted molar refractivity (Wildman–Crippen MR) is 53.3 cm³/mol. The van der Waals surface area contributed by atoms with Crippen molar-refractivity contribution in [3.63, 3.8) is 0 Å². The molecule has 0 unspecified atom stereocenters. The highest BCUT2D eigenvalue weighted by molar-refractivity contribution is 5.75. The van der Waals surface area contributed by atoms with E-state index in [0.717, 1.165) is 0 Å². The molecule has 1 amide bonds. The molecule has 0 bridgehead atoms. The lowest BCUT2D eigenvalue weighted by Gasteiger charge is -2.22. The molecule has 1 aliphatic carbocycles. The van der Waals surface area contributed by atoms with Crippen molar-refractivity contribution in [1.29, 1.82) is 0 Å². The van der Waals surface area contributed by atoms with Crippen molar-refractivity contribution >= 4 is 5.91 Å². The van der Waals surface area contributed by atoms with Gasteiger partial charge in [0.1, 0.15) is 0 Å². The van der Waals surface area contributed by atoms with Gasteiger partial charge in [-0.15, -0.1) is 0 Å². The first-order chi connectivity index (χ1) is 6.33. The summed E-state index contributed by atoms with van der Waals surface area (Å²) in [4.78, 5) is 10.9. The summed E-state index contributed by atoms with van der Waals surface area (Å²) in [5.74, 6) is 0.128. The molecule has 0 aromatic carbocycles. The first kappa shape index (κ1) is 10.5. The third kappa shape index (κ3) is 4.27. The zero-order valence-electron chi connectivity index (χ0n) is 8.44. The summed E-state index contributed by atoms with van der Waals surface area (Å²) < 4.78 is 0. The van der Waals surface area contributed by atoms with Gasteiger partial charge in [-0.2, -0.15) is 0 Å². The Bertz CT molecular complexity index is 153. The molecule has 0 aromatic rings. The molecule has 1 aliphatic rings. The van der Waals surface area contributed by atoms with Crippen LogP contribution < -0.4 is 10.6 Å². The second kappa shape index (κ2) is 5.97. The second-order valence-corrected chi connectivity index (χ2v) is 3.67. The van der Waals surface area contributed by atoms with Crippen molar-refractivity contribution in [1.82, 2.24) is 10.6 Å². The quantitative estimate of drug-likeness (QED) is 0.648. The lowest BCUT2D eigenvalue weighted by atomic mass is 9.96. The predicted octanol–water partition coefficient (Wildman–Crippen LogP) is 1.39.